The van der Waals surface area contributed by atoms with Crippen molar-refractivity contribution in [2.45, 2.75) is 12.8 Å². The van der Waals surface area contributed by atoms with Gasteiger partial charge >= 0.3 is 0 Å². The number of amides is 1. The molecule has 0 spiro atoms. The monoisotopic (exact) mass is 385 g/mol. The Balaban J connectivity index is 0.00000242. The summed E-state index contributed by atoms with van der Waals surface area (Å²) in [7, 11) is 0. The molecule has 1 atom stereocenters. The van der Waals surface area contributed by atoms with Crippen molar-refractivity contribution in [3.63, 3.8) is 0 Å². The lowest BCUT2D eigenvalue weighted by Crippen LogP contribution is -2.42. The molecule has 1 heterocycles. The fourth-order valence-corrected chi connectivity index (χ4v) is 3.09. The maximum atomic E-state index is 12.1. The first kappa shape index (κ1) is 19.8. The number of benzene rings is 1. The molecule has 22 heavy (non-hydrogen) atoms. The molecule has 1 unspecified atom stereocenters. The van der Waals surface area contributed by atoms with E-state index in [0.717, 1.165) is 25.9 Å². The summed E-state index contributed by atoms with van der Waals surface area (Å²) in [6.45, 7) is 2.77. The molecule has 0 aromatic heterocycles. The van der Waals surface area contributed by atoms with Crippen LogP contribution in [0, 0.1) is 5.92 Å². The minimum Gasteiger partial charge on any atom is -0.330 e. The lowest BCUT2D eigenvalue weighted by molar-refractivity contribution is -0.117. The van der Waals surface area contributed by atoms with Gasteiger partial charge in [-0.2, -0.15) is 0 Å². The van der Waals surface area contributed by atoms with Crippen molar-refractivity contribution < 1.29 is 4.79 Å². The Bertz CT molecular complexity index is 527. The molecule has 0 saturated carbocycles. The van der Waals surface area contributed by atoms with Crippen LogP contribution in [0.4, 0.5) is 5.69 Å². The predicted molar refractivity (Wildman–Crippen MR) is 95.6 cm³/mol. The standard InChI is InChI=1S/C14H18Cl3N3O.ClH/c15-10-4-12(17)13(5-11(10)16)19-14(21)8-20-3-1-2-9(6-18)7-20;/h4-5,9H,1-3,6-8,18H2,(H,19,21);1H. The summed E-state index contributed by atoms with van der Waals surface area (Å²) in [6.07, 6.45) is 2.20. The molecule has 3 N–H and O–H groups in total. The maximum Gasteiger partial charge on any atom is 0.238 e. The molecule has 1 aromatic rings. The third-order valence-electron chi connectivity index (χ3n) is 3.59. The van der Waals surface area contributed by atoms with Gasteiger partial charge < -0.3 is 11.1 Å². The van der Waals surface area contributed by atoms with Gasteiger partial charge in [0.15, 0.2) is 0 Å². The topological polar surface area (TPSA) is 58.4 Å². The number of rotatable bonds is 4. The summed E-state index contributed by atoms with van der Waals surface area (Å²) in [4.78, 5) is 14.2. The number of piperidine rings is 1. The fraction of sp³-hybridized carbons (Fsp3) is 0.500. The van der Waals surface area contributed by atoms with E-state index in [1.807, 2.05) is 0 Å². The molecular formula is C14H19Cl4N3O. The lowest BCUT2D eigenvalue weighted by atomic mass is 9.98. The van der Waals surface area contributed by atoms with Gasteiger partial charge in [0.1, 0.15) is 0 Å². The van der Waals surface area contributed by atoms with Crippen molar-refractivity contribution in [3.8, 4) is 0 Å². The molecule has 8 heteroatoms. The summed E-state index contributed by atoms with van der Waals surface area (Å²) in [5.74, 6) is 0.355. The Morgan fingerprint density at radius 3 is 2.64 bits per heavy atom. The summed E-state index contributed by atoms with van der Waals surface area (Å²) >= 11 is 17.8. The van der Waals surface area contributed by atoms with Crippen molar-refractivity contribution in [3.05, 3.63) is 27.2 Å². The molecular weight excluding hydrogens is 368 g/mol. The zero-order valence-electron chi connectivity index (χ0n) is 11.9. The largest absolute Gasteiger partial charge is 0.330 e. The Morgan fingerprint density at radius 2 is 1.95 bits per heavy atom. The maximum absolute atomic E-state index is 12.1. The Morgan fingerprint density at radius 1 is 1.27 bits per heavy atom. The average Bonchev–Trinajstić information content (AvgIpc) is 2.45. The summed E-state index contributed by atoms with van der Waals surface area (Å²) in [5, 5.41) is 3.86. The number of carbonyl (C=O) groups excluding carboxylic acids is 1. The van der Waals surface area contributed by atoms with Crippen LogP contribution in [0.1, 0.15) is 12.8 Å². The molecule has 1 amide bonds. The minimum absolute atomic E-state index is 0. The normalized spacial score (nSPS) is 18.6. The zero-order valence-corrected chi connectivity index (χ0v) is 15.0. The van der Waals surface area contributed by atoms with Crippen LogP contribution in [-0.4, -0.2) is 37.0 Å². The van der Waals surface area contributed by atoms with Crippen LogP contribution in [-0.2, 0) is 4.79 Å². The number of likely N-dealkylation sites (tertiary alicyclic amines) is 1. The van der Waals surface area contributed by atoms with Crippen molar-refractivity contribution >= 4 is 58.8 Å². The molecule has 2 rings (SSSR count). The molecule has 1 fully saturated rings. The second-order valence-corrected chi connectivity index (χ2v) is 6.50. The van der Waals surface area contributed by atoms with E-state index in [4.69, 9.17) is 40.5 Å². The number of nitrogens with one attached hydrogen (secondary N) is 1. The Labute approximate surface area is 151 Å². The molecule has 1 aliphatic heterocycles. The van der Waals surface area contributed by atoms with Crippen LogP contribution in [0.5, 0.6) is 0 Å². The highest BCUT2D eigenvalue weighted by Gasteiger charge is 2.21. The van der Waals surface area contributed by atoms with Crippen molar-refractivity contribution in [1.29, 1.82) is 0 Å². The third-order valence-corrected chi connectivity index (χ3v) is 4.62. The van der Waals surface area contributed by atoms with E-state index in [9.17, 15) is 4.79 Å². The number of hydrogen-bond acceptors (Lipinski definition) is 3. The number of carbonyl (C=O) groups is 1. The first-order chi connectivity index (χ1) is 9.99. The van der Waals surface area contributed by atoms with Gasteiger partial charge in [-0.25, -0.2) is 0 Å². The molecule has 0 aliphatic carbocycles. The van der Waals surface area contributed by atoms with Crippen molar-refractivity contribution in [1.82, 2.24) is 4.90 Å². The number of nitrogens with two attached hydrogens (primary N) is 1. The zero-order chi connectivity index (χ0) is 15.4. The average molecular weight is 387 g/mol. The first-order valence-corrected chi connectivity index (χ1v) is 7.99. The van der Waals surface area contributed by atoms with Crippen LogP contribution in [0.15, 0.2) is 12.1 Å². The van der Waals surface area contributed by atoms with E-state index < -0.39 is 0 Å². The molecule has 4 nitrogen and oxygen atoms in total. The molecule has 1 saturated heterocycles. The molecule has 0 radical (unpaired) electrons. The Kier molecular flexibility index (Phi) is 8.25. The fourth-order valence-electron chi connectivity index (χ4n) is 2.50. The molecule has 1 aromatic carbocycles. The van der Waals surface area contributed by atoms with Crippen LogP contribution in [0.3, 0.4) is 0 Å². The number of anilines is 1. The van der Waals surface area contributed by atoms with Crippen LogP contribution < -0.4 is 11.1 Å². The molecule has 0 bridgehead atoms. The van der Waals surface area contributed by atoms with Gasteiger partial charge in [0.2, 0.25) is 5.91 Å². The highest BCUT2D eigenvalue weighted by atomic mass is 35.5. The number of nitrogens with zero attached hydrogens (tertiary/aromatic N) is 1. The van der Waals surface area contributed by atoms with Gasteiger partial charge in [0.25, 0.3) is 0 Å². The van der Waals surface area contributed by atoms with E-state index in [1.165, 1.54) is 6.07 Å². The van der Waals surface area contributed by atoms with Crippen LogP contribution in [0.2, 0.25) is 15.1 Å². The summed E-state index contributed by atoms with van der Waals surface area (Å²) < 4.78 is 0. The van der Waals surface area contributed by atoms with Gasteiger partial charge in [-0.15, -0.1) is 12.4 Å². The SMILES string of the molecule is Cl.NCC1CCCN(CC(=O)Nc2cc(Cl)c(Cl)cc2Cl)C1. The van der Waals surface area contributed by atoms with Crippen molar-refractivity contribution in [2.75, 3.05) is 31.5 Å². The van der Waals surface area contributed by atoms with E-state index in [-0.39, 0.29) is 18.3 Å². The highest BCUT2D eigenvalue weighted by Crippen LogP contribution is 2.32. The van der Waals surface area contributed by atoms with E-state index in [2.05, 4.69) is 10.2 Å². The smallest absolute Gasteiger partial charge is 0.238 e. The predicted octanol–water partition coefficient (Wildman–Crippen LogP) is 3.68. The van der Waals surface area contributed by atoms with E-state index >= 15 is 0 Å². The van der Waals surface area contributed by atoms with Gasteiger partial charge in [-0.3, -0.25) is 9.69 Å². The molecule has 124 valence electrons. The summed E-state index contributed by atoms with van der Waals surface area (Å²) in [6, 6.07) is 3.08. The molecule has 1 aliphatic rings. The lowest BCUT2D eigenvalue weighted by Gasteiger charge is -2.31. The van der Waals surface area contributed by atoms with Gasteiger partial charge in [-0.05, 0) is 44.0 Å². The van der Waals surface area contributed by atoms with Gasteiger partial charge in [-0.1, -0.05) is 34.8 Å². The number of hydrogen-bond donors (Lipinski definition) is 2. The van der Waals surface area contributed by atoms with E-state index in [0.29, 0.717) is 39.8 Å². The third kappa shape index (κ3) is 5.44. The van der Waals surface area contributed by atoms with Crippen molar-refractivity contribution in [2.24, 2.45) is 11.7 Å². The first-order valence-electron chi connectivity index (χ1n) is 6.86. The summed E-state index contributed by atoms with van der Waals surface area (Å²) in [5.41, 5.74) is 6.17. The number of halogens is 4. The Hall–Kier alpha value is -0.230. The van der Waals surface area contributed by atoms with Crippen LogP contribution >= 0.6 is 47.2 Å². The van der Waals surface area contributed by atoms with E-state index in [1.54, 1.807) is 6.07 Å². The quantitative estimate of drug-likeness (QED) is 0.776. The van der Waals surface area contributed by atoms with Crippen LogP contribution in [0.25, 0.3) is 0 Å². The highest BCUT2D eigenvalue weighted by molar-refractivity contribution is 6.44. The second-order valence-electron chi connectivity index (χ2n) is 5.27. The van der Waals surface area contributed by atoms with Gasteiger partial charge in [0, 0.05) is 6.54 Å². The second kappa shape index (κ2) is 9.16. The van der Waals surface area contributed by atoms with Gasteiger partial charge in [0.05, 0.1) is 27.3 Å². The minimum atomic E-state index is -0.118.